The zero-order chi connectivity index (χ0) is 13.1. The van der Waals surface area contributed by atoms with Gasteiger partial charge in [-0.05, 0) is 36.1 Å². The van der Waals surface area contributed by atoms with Crippen molar-refractivity contribution < 1.29 is 4.39 Å². The van der Waals surface area contributed by atoms with Crippen LogP contribution in [0.15, 0.2) is 35.7 Å². The fourth-order valence-corrected chi connectivity index (χ4v) is 2.73. The van der Waals surface area contributed by atoms with E-state index in [0.29, 0.717) is 11.1 Å². The van der Waals surface area contributed by atoms with Crippen molar-refractivity contribution in [1.82, 2.24) is 0 Å². The molecule has 0 amide bonds. The minimum Gasteiger partial charge on any atom is -0.207 e. The smallest absolute Gasteiger partial charge is 0.123 e. The van der Waals surface area contributed by atoms with Crippen molar-refractivity contribution >= 4 is 33.5 Å². The van der Waals surface area contributed by atoms with E-state index in [1.807, 2.05) is 24.4 Å². The topological polar surface area (TPSA) is 23.8 Å². The van der Waals surface area contributed by atoms with Gasteiger partial charge < -0.3 is 0 Å². The van der Waals surface area contributed by atoms with Gasteiger partial charge in [-0.15, -0.1) is 11.3 Å². The number of hydrogen-bond donors (Lipinski definition) is 0. The molecule has 0 atom stereocenters. The summed E-state index contributed by atoms with van der Waals surface area (Å²) in [5.41, 5.74) is 1.77. The average molecular weight is 278 g/mol. The number of hydrogen-bond acceptors (Lipinski definition) is 2. The number of nitrogens with zero attached hydrogens (tertiary/aromatic N) is 1. The van der Waals surface area contributed by atoms with Crippen LogP contribution in [0.5, 0.6) is 0 Å². The first kappa shape index (κ1) is 12.8. The lowest BCUT2D eigenvalue weighted by atomic mass is 10.0. The molecule has 18 heavy (non-hydrogen) atoms. The van der Waals surface area contributed by atoms with Gasteiger partial charge in [0, 0.05) is 10.4 Å². The highest BCUT2D eigenvalue weighted by Crippen LogP contribution is 2.33. The standard InChI is InChI=1S/C14H9ClFNS/c1-9-4-5-10(16)7-11(9)14(15)12(8-17)13-3-2-6-18-13/h2-7H,1H3. The highest BCUT2D eigenvalue weighted by molar-refractivity contribution is 7.11. The maximum atomic E-state index is 13.3. The molecule has 90 valence electrons. The van der Waals surface area contributed by atoms with Crippen molar-refractivity contribution in [3.8, 4) is 6.07 Å². The van der Waals surface area contributed by atoms with E-state index in [4.69, 9.17) is 11.6 Å². The molecule has 0 fully saturated rings. The van der Waals surface area contributed by atoms with Gasteiger partial charge in [-0.3, -0.25) is 0 Å². The van der Waals surface area contributed by atoms with Crippen LogP contribution in [0.1, 0.15) is 16.0 Å². The van der Waals surface area contributed by atoms with E-state index >= 15 is 0 Å². The van der Waals surface area contributed by atoms with Crippen LogP contribution < -0.4 is 0 Å². The maximum absolute atomic E-state index is 13.3. The molecular weight excluding hydrogens is 269 g/mol. The molecule has 2 rings (SSSR count). The molecule has 0 unspecified atom stereocenters. The Morgan fingerprint density at radius 1 is 1.39 bits per heavy atom. The first-order chi connectivity index (χ1) is 8.63. The van der Waals surface area contributed by atoms with Crippen LogP contribution in [0.2, 0.25) is 0 Å². The predicted molar refractivity (Wildman–Crippen MR) is 73.7 cm³/mol. The molecule has 1 aromatic carbocycles. The third-order valence-electron chi connectivity index (χ3n) is 2.53. The molecule has 0 aliphatic rings. The highest BCUT2D eigenvalue weighted by Gasteiger charge is 2.13. The first-order valence-corrected chi connectivity index (χ1v) is 6.49. The van der Waals surface area contributed by atoms with Crippen LogP contribution >= 0.6 is 22.9 Å². The van der Waals surface area contributed by atoms with Crippen LogP contribution in [-0.4, -0.2) is 0 Å². The van der Waals surface area contributed by atoms with Crippen molar-refractivity contribution in [3.05, 3.63) is 57.5 Å². The fraction of sp³-hybridized carbons (Fsp3) is 0.0714. The van der Waals surface area contributed by atoms with E-state index in [0.717, 1.165) is 10.4 Å². The monoisotopic (exact) mass is 277 g/mol. The molecule has 0 bridgehead atoms. The molecule has 4 heteroatoms. The van der Waals surface area contributed by atoms with Gasteiger partial charge in [0.05, 0.1) is 10.6 Å². The molecular formula is C14H9ClFNS. The minimum atomic E-state index is -0.364. The molecule has 0 aliphatic carbocycles. The summed E-state index contributed by atoms with van der Waals surface area (Å²) < 4.78 is 13.3. The van der Waals surface area contributed by atoms with Gasteiger partial charge in [0.1, 0.15) is 11.9 Å². The van der Waals surface area contributed by atoms with E-state index in [2.05, 4.69) is 6.07 Å². The first-order valence-electron chi connectivity index (χ1n) is 5.23. The summed E-state index contributed by atoms with van der Waals surface area (Å²) >= 11 is 7.67. The molecule has 0 spiro atoms. The summed E-state index contributed by atoms with van der Waals surface area (Å²) in [5, 5.41) is 11.4. The molecule has 0 aliphatic heterocycles. The van der Waals surface area contributed by atoms with Crippen LogP contribution in [0, 0.1) is 24.1 Å². The van der Waals surface area contributed by atoms with Crippen LogP contribution in [-0.2, 0) is 0 Å². The van der Waals surface area contributed by atoms with Crippen molar-refractivity contribution in [2.75, 3.05) is 0 Å². The number of nitriles is 1. The summed E-state index contributed by atoms with van der Waals surface area (Å²) in [7, 11) is 0. The Balaban J connectivity index is 2.62. The summed E-state index contributed by atoms with van der Waals surface area (Å²) in [5.74, 6) is -0.364. The Morgan fingerprint density at radius 2 is 2.17 bits per heavy atom. The third kappa shape index (κ3) is 2.45. The quantitative estimate of drug-likeness (QED) is 0.722. The van der Waals surface area contributed by atoms with Gasteiger partial charge in [-0.25, -0.2) is 4.39 Å². The molecule has 0 saturated carbocycles. The van der Waals surface area contributed by atoms with Crippen molar-refractivity contribution in [2.45, 2.75) is 6.92 Å². The zero-order valence-corrected chi connectivity index (χ0v) is 11.1. The summed E-state index contributed by atoms with van der Waals surface area (Å²) in [6.07, 6.45) is 0. The maximum Gasteiger partial charge on any atom is 0.123 e. The van der Waals surface area contributed by atoms with Crippen LogP contribution in [0.3, 0.4) is 0 Å². The van der Waals surface area contributed by atoms with E-state index in [1.165, 1.54) is 23.5 Å². The zero-order valence-electron chi connectivity index (χ0n) is 9.58. The second kappa shape index (κ2) is 5.34. The lowest BCUT2D eigenvalue weighted by Gasteiger charge is -2.06. The fourth-order valence-electron chi connectivity index (χ4n) is 1.60. The Labute approximate surface area is 114 Å². The van der Waals surface area contributed by atoms with E-state index in [1.54, 1.807) is 6.07 Å². The Morgan fingerprint density at radius 3 is 2.78 bits per heavy atom. The second-order valence-corrected chi connectivity index (χ2v) is 5.06. The van der Waals surface area contributed by atoms with Crippen molar-refractivity contribution in [1.29, 1.82) is 5.26 Å². The number of halogens is 2. The third-order valence-corrected chi connectivity index (χ3v) is 3.81. The average Bonchev–Trinajstić information content (AvgIpc) is 2.87. The van der Waals surface area contributed by atoms with Crippen molar-refractivity contribution in [3.63, 3.8) is 0 Å². The van der Waals surface area contributed by atoms with Gasteiger partial charge >= 0.3 is 0 Å². The highest BCUT2D eigenvalue weighted by atomic mass is 35.5. The Bertz CT molecular complexity index is 638. The van der Waals surface area contributed by atoms with E-state index < -0.39 is 0 Å². The van der Waals surface area contributed by atoms with Gasteiger partial charge in [-0.1, -0.05) is 23.7 Å². The Kier molecular flexibility index (Phi) is 3.81. The molecule has 2 aromatic rings. The number of benzene rings is 1. The van der Waals surface area contributed by atoms with Crippen molar-refractivity contribution in [2.24, 2.45) is 0 Å². The minimum absolute atomic E-state index is 0.289. The molecule has 0 radical (unpaired) electrons. The molecule has 1 aromatic heterocycles. The van der Waals surface area contributed by atoms with Crippen LogP contribution in [0.4, 0.5) is 4.39 Å². The summed E-state index contributed by atoms with van der Waals surface area (Å²) in [6.45, 7) is 1.83. The van der Waals surface area contributed by atoms with Crippen LogP contribution in [0.25, 0.3) is 10.6 Å². The second-order valence-electron chi connectivity index (χ2n) is 3.74. The number of rotatable bonds is 2. The molecule has 0 N–H and O–H groups in total. The number of allylic oxidation sites excluding steroid dienone is 1. The predicted octanol–water partition coefficient (Wildman–Crippen LogP) is 4.83. The summed E-state index contributed by atoms with van der Waals surface area (Å²) in [6, 6.07) is 10.1. The van der Waals surface area contributed by atoms with Gasteiger partial charge in [-0.2, -0.15) is 5.26 Å². The van der Waals surface area contributed by atoms with Gasteiger partial charge in [0.2, 0.25) is 0 Å². The molecule has 1 nitrogen and oxygen atoms in total. The lowest BCUT2D eigenvalue weighted by Crippen LogP contribution is -1.89. The Hall–Kier alpha value is -1.63. The normalized spacial score (nSPS) is 11.9. The molecule has 1 heterocycles. The number of aryl methyl sites for hydroxylation is 1. The SMILES string of the molecule is Cc1ccc(F)cc1C(Cl)=C(C#N)c1cccs1. The van der Waals surface area contributed by atoms with Gasteiger partial charge in [0.15, 0.2) is 0 Å². The molecule has 0 saturated heterocycles. The lowest BCUT2D eigenvalue weighted by molar-refractivity contribution is 0.627. The van der Waals surface area contributed by atoms with E-state index in [9.17, 15) is 9.65 Å². The largest absolute Gasteiger partial charge is 0.207 e. The van der Waals surface area contributed by atoms with E-state index in [-0.39, 0.29) is 10.8 Å². The summed E-state index contributed by atoms with van der Waals surface area (Å²) in [4.78, 5) is 0.783. The number of thiophene rings is 1. The van der Waals surface area contributed by atoms with Gasteiger partial charge in [0.25, 0.3) is 0 Å².